The minimum absolute atomic E-state index is 0.0656. The SMILES string of the molecule is CC(Nc1ccccc1S(C)(=O)=O)c1ccccn1. The Hall–Kier alpha value is -1.88. The van der Waals surface area contributed by atoms with Crippen LogP contribution in [0.5, 0.6) is 0 Å². The molecule has 0 saturated heterocycles. The summed E-state index contributed by atoms with van der Waals surface area (Å²) in [6.07, 6.45) is 2.93. The smallest absolute Gasteiger partial charge is 0.177 e. The third kappa shape index (κ3) is 3.32. The molecule has 0 aliphatic heterocycles. The van der Waals surface area contributed by atoms with E-state index < -0.39 is 9.84 Å². The van der Waals surface area contributed by atoms with Crippen molar-refractivity contribution in [2.24, 2.45) is 0 Å². The van der Waals surface area contributed by atoms with Gasteiger partial charge in [-0.25, -0.2) is 8.42 Å². The second-order valence-electron chi connectivity index (χ2n) is 4.39. The summed E-state index contributed by atoms with van der Waals surface area (Å²) < 4.78 is 23.4. The first kappa shape index (κ1) is 13.5. The molecule has 0 fully saturated rings. The molecule has 0 amide bonds. The molecule has 1 aromatic carbocycles. The summed E-state index contributed by atoms with van der Waals surface area (Å²) in [6, 6.07) is 12.5. The lowest BCUT2D eigenvalue weighted by molar-refractivity contribution is 0.602. The molecular weight excluding hydrogens is 260 g/mol. The van der Waals surface area contributed by atoms with Crippen molar-refractivity contribution in [3.63, 3.8) is 0 Å². The van der Waals surface area contributed by atoms with Gasteiger partial charge in [0.15, 0.2) is 9.84 Å². The highest BCUT2D eigenvalue weighted by Crippen LogP contribution is 2.24. The van der Waals surface area contributed by atoms with Crippen LogP contribution in [0.2, 0.25) is 0 Å². The monoisotopic (exact) mass is 276 g/mol. The van der Waals surface area contributed by atoms with E-state index >= 15 is 0 Å². The van der Waals surface area contributed by atoms with Gasteiger partial charge in [-0.15, -0.1) is 0 Å². The number of sulfone groups is 1. The Kier molecular flexibility index (Phi) is 3.85. The Morgan fingerprint density at radius 3 is 2.42 bits per heavy atom. The fraction of sp³-hybridized carbons (Fsp3) is 0.214. The van der Waals surface area contributed by atoms with Gasteiger partial charge in [0.25, 0.3) is 0 Å². The minimum Gasteiger partial charge on any atom is -0.376 e. The van der Waals surface area contributed by atoms with Crippen LogP contribution in [0.1, 0.15) is 18.7 Å². The molecule has 0 bridgehead atoms. The molecule has 1 unspecified atom stereocenters. The molecule has 1 atom stereocenters. The van der Waals surface area contributed by atoms with Crippen LogP contribution in [0.3, 0.4) is 0 Å². The largest absolute Gasteiger partial charge is 0.376 e. The Bertz CT molecular complexity index is 654. The first-order valence-corrected chi connectivity index (χ1v) is 7.84. The maximum atomic E-state index is 11.7. The topological polar surface area (TPSA) is 59.1 Å². The van der Waals surface area contributed by atoms with Crippen LogP contribution in [0.25, 0.3) is 0 Å². The predicted octanol–water partition coefficient (Wildman–Crippen LogP) is 2.66. The van der Waals surface area contributed by atoms with Crippen molar-refractivity contribution >= 4 is 15.5 Å². The van der Waals surface area contributed by atoms with E-state index in [2.05, 4.69) is 10.3 Å². The molecule has 0 spiro atoms. The number of anilines is 1. The quantitative estimate of drug-likeness (QED) is 0.932. The maximum absolute atomic E-state index is 11.7. The molecule has 0 aliphatic carbocycles. The number of rotatable bonds is 4. The summed E-state index contributed by atoms with van der Waals surface area (Å²) in [7, 11) is -3.24. The van der Waals surface area contributed by atoms with Crippen molar-refractivity contribution in [3.8, 4) is 0 Å². The first-order valence-electron chi connectivity index (χ1n) is 5.95. The summed E-state index contributed by atoms with van der Waals surface area (Å²) in [4.78, 5) is 4.56. The second kappa shape index (κ2) is 5.40. The van der Waals surface area contributed by atoms with Gasteiger partial charge >= 0.3 is 0 Å². The van der Waals surface area contributed by atoms with Crippen LogP contribution < -0.4 is 5.32 Å². The molecule has 1 heterocycles. The molecule has 4 nitrogen and oxygen atoms in total. The molecule has 0 radical (unpaired) electrons. The van der Waals surface area contributed by atoms with Gasteiger partial charge in [-0.3, -0.25) is 4.98 Å². The first-order chi connectivity index (χ1) is 8.98. The van der Waals surface area contributed by atoms with Gasteiger partial charge in [0.05, 0.1) is 22.3 Å². The molecule has 0 aliphatic rings. The van der Waals surface area contributed by atoms with Gasteiger partial charge < -0.3 is 5.32 Å². The van der Waals surface area contributed by atoms with E-state index in [-0.39, 0.29) is 6.04 Å². The molecule has 2 rings (SSSR count). The van der Waals surface area contributed by atoms with E-state index in [0.717, 1.165) is 5.69 Å². The zero-order chi connectivity index (χ0) is 13.9. The normalized spacial score (nSPS) is 12.9. The van der Waals surface area contributed by atoms with E-state index in [1.165, 1.54) is 6.26 Å². The number of nitrogens with one attached hydrogen (secondary N) is 1. The van der Waals surface area contributed by atoms with Crippen LogP contribution in [0, 0.1) is 0 Å². The van der Waals surface area contributed by atoms with Crippen molar-refractivity contribution in [1.29, 1.82) is 0 Å². The Morgan fingerprint density at radius 1 is 1.11 bits per heavy atom. The van der Waals surface area contributed by atoms with Gasteiger partial charge in [-0.05, 0) is 31.2 Å². The lowest BCUT2D eigenvalue weighted by Gasteiger charge is -2.16. The van der Waals surface area contributed by atoms with E-state index in [0.29, 0.717) is 10.6 Å². The fourth-order valence-electron chi connectivity index (χ4n) is 1.85. The van der Waals surface area contributed by atoms with Gasteiger partial charge in [0.2, 0.25) is 0 Å². The van der Waals surface area contributed by atoms with Gasteiger partial charge in [-0.2, -0.15) is 0 Å². The van der Waals surface area contributed by atoms with Crippen LogP contribution >= 0.6 is 0 Å². The number of nitrogens with zero attached hydrogens (tertiary/aromatic N) is 1. The molecule has 19 heavy (non-hydrogen) atoms. The third-order valence-electron chi connectivity index (χ3n) is 2.79. The summed E-state index contributed by atoms with van der Waals surface area (Å²) in [5, 5.41) is 3.19. The number of para-hydroxylation sites is 1. The van der Waals surface area contributed by atoms with Gasteiger partial charge in [-0.1, -0.05) is 18.2 Å². The lowest BCUT2D eigenvalue weighted by atomic mass is 10.2. The molecule has 100 valence electrons. The molecule has 2 aromatic rings. The summed E-state index contributed by atoms with van der Waals surface area (Å²) in [5.74, 6) is 0. The fourth-order valence-corrected chi connectivity index (χ4v) is 2.70. The van der Waals surface area contributed by atoms with E-state index in [1.54, 1.807) is 24.4 Å². The molecule has 1 aromatic heterocycles. The van der Waals surface area contributed by atoms with Crippen molar-refractivity contribution in [3.05, 3.63) is 54.4 Å². The summed E-state index contributed by atoms with van der Waals surface area (Å²) >= 11 is 0. The Labute approximate surface area is 113 Å². The second-order valence-corrected chi connectivity index (χ2v) is 6.37. The zero-order valence-corrected chi connectivity index (χ0v) is 11.7. The highest BCUT2D eigenvalue weighted by Gasteiger charge is 2.14. The molecule has 1 N–H and O–H groups in total. The highest BCUT2D eigenvalue weighted by molar-refractivity contribution is 7.90. The number of hydrogen-bond donors (Lipinski definition) is 1. The van der Waals surface area contributed by atoms with Crippen LogP contribution in [-0.4, -0.2) is 19.7 Å². The average molecular weight is 276 g/mol. The number of pyridine rings is 1. The minimum atomic E-state index is -3.24. The maximum Gasteiger partial charge on any atom is 0.177 e. The van der Waals surface area contributed by atoms with Gasteiger partial charge in [0.1, 0.15) is 0 Å². The number of aromatic nitrogens is 1. The highest BCUT2D eigenvalue weighted by atomic mass is 32.2. The lowest BCUT2D eigenvalue weighted by Crippen LogP contribution is -2.11. The third-order valence-corrected chi connectivity index (χ3v) is 3.94. The van der Waals surface area contributed by atoms with E-state index in [9.17, 15) is 8.42 Å². The van der Waals surface area contributed by atoms with Crippen molar-refractivity contribution in [2.75, 3.05) is 11.6 Å². The summed E-state index contributed by atoms with van der Waals surface area (Å²) in [6.45, 7) is 1.95. The van der Waals surface area contributed by atoms with E-state index in [4.69, 9.17) is 0 Å². The van der Waals surface area contributed by atoms with E-state index in [1.807, 2.05) is 31.2 Å². The molecular formula is C14H16N2O2S. The van der Waals surface area contributed by atoms with Crippen LogP contribution in [-0.2, 0) is 9.84 Å². The average Bonchev–Trinajstić information content (AvgIpc) is 2.39. The van der Waals surface area contributed by atoms with Crippen LogP contribution in [0.4, 0.5) is 5.69 Å². The van der Waals surface area contributed by atoms with Crippen molar-refractivity contribution < 1.29 is 8.42 Å². The Morgan fingerprint density at radius 2 is 1.79 bits per heavy atom. The zero-order valence-electron chi connectivity index (χ0n) is 10.9. The van der Waals surface area contributed by atoms with Crippen molar-refractivity contribution in [1.82, 2.24) is 4.98 Å². The number of hydrogen-bond acceptors (Lipinski definition) is 4. The number of benzene rings is 1. The molecule has 0 saturated carbocycles. The summed E-state index contributed by atoms with van der Waals surface area (Å²) in [5.41, 5.74) is 1.47. The molecule has 5 heteroatoms. The Balaban J connectivity index is 2.30. The van der Waals surface area contributed by atoms with Crippen LogP contribution in [0.15, 0.2) is 53.6 Å². The van der Waals surface area contributed by atoms with Gasteiger partial charge in [0, 0.05) is 12.5 Å². The standard InChI is InChI=1S/C14H16N2O2S/c1-11(12-7-5-6-10-15-12)16-13-8-3-4-9-14(13)19(2,17)18/h3-11,16H,1-2H3. The van der Waals surface area contributed by atoms with Crippen molar-refractivity contribution in [2.45, 2.75) is 17.9 Å². The predicted molar refractivity (Wildman–Crippen MR) is 75.8 cm³/mol.